The van der Waals surface area contributed by atoms with Gasteiger partial charge in [0.05, 0.1) is 12.2 Å². The summed E-state index contributed by atoms with van der Waals surface area (Å²) < 4.78 is 12.2. The minimum atomic E-state index is -0.199. The van der Waals surface area contributed by atoms with E-state index in [0.717, 1.165) is 0 Å². The fourth-order valence-corrected chi connectivity index (χ4v) is 2.57. The molecule has 8 nitrogen and oxygen atoms in total. The highest BCUT2D eigenvalue weighted by molar-refractivity contribution is 5.37. The van der Waals surface area contributed by atoms with Gasteiger partial charge < -0.3 is 9.26 Å². The van der Waals surface area contributed by atoms with E-state index >= 15 is 0 Å². The molecule has 3 aromatic rings. The summed E-state index contributed by atoms with van der Waals surface area (Å²) in [5.41, 5.74) is 1.23. The van der Waals surface area contributed by atoms with Crippen LogP contribution in [-0.4, -0.2) is 38.1 Å². The fraction of sp³-hybridized carbons (Fsp3) is 0.412. The first-order valence-corrected chi connectivity index (χ1v) is 8.16. The number of hydrogen-bond acceptors (Lipinski definition) is 7. The van der Waals surface area contributed by atoms with Gasteiger partial charge in [-0.2, -0.15) is 4.98 Å². The Morgan fingerprint density at radius 2 is 2.16 bits per heavy atom. The summed E-state index contributed by atoms with van der Waals surface area (Å²) in [6.45, 7) is 5.36. The van der Waals surface area contributed by atoms with E-state index in [9.17, 15) is 4.79 Å². The highest BCUT2D eigenvalue weighted by Gasteiger charge is 2.15. The van der Waals surface area contributed by atoms with Crippen molar-refractivity contribution in [3.63, 3.8) is 0 Å². The lowest BCUT2D eigenvalue weighted by Crippen LogP contribution is -2.22. The second-order valence-electron chi connectivity index (χ2n) is 5.83. The molecule has 0 aliphatic carbocycles. The van der Waals surface area contributed by atoms with Crippen molar-refractivity contribution >= 4 is 5.65 Å². The largest absolute Gasteiger partial charge is 0.371 e. The summed E-state index contributed by atoms with van der Waals surface area (Å²) in [6, 6.07) is 7.01. The van der Waals surface area contributed by atoms with Crippen molar-refractivity contribution in [1.82, 2.24) is 24.4 Å². The second kappa shape index (κ2) is 7.54. The quantitative estimate of drug-likeness (QED) is 0.646. The summed E-state index contributed by atoms with van der Waals surface area (Å²) in [4.78, 5) is 22.9. The molecular formula is C17H21N5O3. The molecule has 3 aromatic heterocycles. The molecule has 3 heterocycles. The Labute approximate surface area is 145 Å². The van der Waals surface area contributed by atoms with Gasteiger partial charge in [-0.25, -0.2) is 4.98 Å². The molecule has 132 valence electrons. The summed E-state index contributed by atoms with van der Waals surface area (Å²) in [5, 5.41) is 3.94. The van der Waals surface area contributed by atoms with Crippen LogP contribution >= 0.6 is 0 Å². The van der Waals surface area contributed by atoms with E-state index in [1.807, 2.05) is 37.9 Å². The van der Waals surface area contributed by atoms with Crippen molar-refractivity contribution in [1.29, 1.82) is 0 Å². The van der Waals surface area contributed by atoms with E-state index in [1.54, 1.807) is 18.3 Å². The third kappa shape index (κ3) is 4.09. The maximum Gasteiger partial charge on any atom is 0.258 e. The molecule has 1 atom stereocenters. The van der Waals surface area contributed by atoms with E-state index in [2.05, 4.69) is 15.1 Å². The lowest BCUT2D eigenvalue weighted by molar-refractivity contribution is 0.0683. The number of pyridine rings is 1. The zero-order valence-corrected chi connectivity index (χ0v) is 14.5. The van der Waals surface area contributed by atoms with Gasteiger partial charge >= 0.3 is 0 Å². The maximum absolute atomic E-state index is 12.1. The summed E-state index contributed by atoms with van der Waals surface area (Å²) in [7, 11) is 1.91. The van der Waals surface area contributed by atoms with Gasteiger partial charge in [-0.05, 0) is 33.0 Å². The normalized spacial score (nSPS) is 12.8. The van der Waals surface area contributed by atoms with Gasteiger partial charge in [0.2, 0.25) is 5.89 Å². The average Bonchev–Trinajstić information content (AvgIpc) is 3.03. The third-order valence-electron chi connectivity index (χ3n) is 3.73. The van der Waals surface area contributed by atoms with Crippen LogP contribution in [0.1, 0.15) is 37.4 Å². The molecule has 0 amide bonds. The van der Waals surface area contributed by atoms with Crippen molar-refractivity contribution in [2.75, 3.05) is 13.7 Å². The molecule has 3 rings (SSSR count). The van der Waals surface area contributed by atoms with E-state index in [-0.39, 0.29) is 11.7 Å². The highest BCUT2D eigenvalue weighted by Crippen LogP contribution is 2.13. The van der Waals surface area contributed by atoms with Crippen LogP contribution in [0.25, 0.3) is 5.65 Å². The van der Waals surface area contributed by atoms with E-state index < -0.39 is 0 Å². The van der Waals surface area contributed by atoms with Crippen LogP contribution in [0.15, 0.2) is 39.8 Å². The molecule has 0 spiro atoms. The number of aromatic nitrogens is 4. The molecule has 0 saturated carbocycles. The lowest BCUT2D eigenvalue weighted by Gasteiger charge is -2.13. The molecule has 25 heavy (non-hydrogen) atoms. The van der Waals surface area contributed by atoms with Crippen molar-refractivity contribution < 1.29 is 9.26 Å². The Balaban J connectivity index is 1.68. The van der Waals surface area contributed by atoms with Crippen LogP contribution in [0.3, 0.4) is 0 Å². The summed E-state index contributed by atoms with van der Waals surface area (Å²) in [6.07, 6.45) is 1.51. The van der Waals surface area contributed by atoms with Crippen molar-refractivity contribution in [3.05, 3.63) is 58.2 Å². The Morgan fingerprint density at radius 3 is 2.96 bits per heavy atom. The first-order valence-electron chi connectivity index (χ1n) is 8.16. The van der Waals surface area contributed by atoms with Gasteiger partial charge in [-0.1, -0.05) is 11.2 Å². The molecule has 1 unspecified atom stereocenters. The standard InChI is InChI=1S/C17H21N5O3/c1-4-24-12(2)17-19-15(25-20-17)11-21(3)10-13-9-16(23)22-8-6-5-7-14(22)18-13/h5-9,12H,4,10-11H2,1-3H3. The Kier molecular flexibility index (Phi) is 5.20. The Hall–Kier alpha value is -2.58. The zero-order chi connectivity index (χ0) is 17.8. The number of rotatable bonds is 7. The van der Waals surface area contributed by atoms with Crippen LogP contribution in [-0.2, 0) is 17.8 Å². The van der Waals surface area contributed by atoms with Crippen LogP contribution < -0.4 is 5.56 Å². The average molecular weight is 343 g/mol. The number of hydrogen-bond donors (Lipinski definition) is 0. The SMILES string of the molecule is CCOC(C)c1noc(CN(C)Cc2cc(=O)n3ccccc3n2)n1. The zero-order valence-electron chi connectivity index (χ0n) is 14.5. The van der Waals surface area contributed by atoms with E-state index in [1.165, 1.54) is 4.40 Å². The molecule has 0 aliphatic rings. The first kappa shape index (κ1) is 17.2. The van der Waals surface area contributed by atoms with E-state index in [4.69, 9.17) is 9.26 Å². The number of fused-ring (bicyclic) bond motifs is 1. The number of ether oxygens (including phenoxy) is 1. The highest BCUT2D eigenvalue weighted by atomic mass is 16.5. The van der Waals surface area contributed by atoms with Crippen LogP contribution in [0.4, 0.5) is 0 Å². The van der Waals surface area contributed by atoms with Crippen LogP contribution in [0.5, 0.6) is 0 Å². The second-order valence-corrected chi connectivity index (χ2v) is 5.83. The fourth-order valence-electron chi connectivity index (χ4n) is 2.57. The van der Waals surface area contributed by atoms with Gasteiger partial charge in [0.25, 0.3) is 5.56 Å². The van der Waals surface area contributed by atoms with E-state index in [0.29, 0.717) is 42.8 Å². The molecular weight excluding hydrogens is 322 g/mol. The first-order chi connectivity index (χ1) is 12.1. The van der Waals surface area contributed by atoms with Crippen LogP contribution in [0, 0.1) is 0 Å². The molecule has 0 N–H and O–H groups in total. The lowest BCUT2D eigenvalue weighted by atomic mass is 10.3. The van der Waals surface area contributed by atoms with Crippen molar-refractivity contribution in [2.24, 2.45) is 0 Å². The predicted molar refractivity (Wildman–Crippen MR) is 91.0 cm³/mol. The van der Waals surface area contributed by atoms with Gasteiger partial charge in [0.1, 0.15) is 11.8 Å². The Bertz CT molecular complexity index is 904. The van der Waals surface area contributed by atoms with Crippen LogP contribution in [0.2, 0.25) is 0 Å². The van der Waals surface area contributed by atoms with Gasteiger partial charge in [0.15, 0.2) is 5.82 Å². The molecule has 0 saturated heterocycles. The summed E-state index contributed by atoms with van der Waals surface area (Å²) in [5.74, 6) is 1.04. The molecule has 0 fully saturated rings. The smallest absolute Gasteiger partial charge is 0.258 e. The minimum Gasteiger partial charge on any atom is -0.371 e. The predicted octanol–water partition coefficient (Wildman–Crippen LogP) is 1.81. The van der Waals surface area contributed by atoms with Gasteiger partial charge in [-0.3, -0.25) is 14.1 Å². The maximum atomic E-state index is 12.1. The summed E-state index contributed by atoms with van der Waals surface area (Å²) >= 11 is 0. The Morgan fingerprint density at radius 1 is 1.32 bits per heavy atom. The minimum absolute atomic E-state index is 0.0976. The van der Waals surface area contributed by atoms with Gasteiger partial charge in [-0.15, -0.1) is 0 Å². The monoisotopic (exact) mass is 343 g/mol. The molecule has 0 aliphatic heterocycles. The van der Waals surface area contributed by atoms with Gasteiger partial charge in [0, 0.05) is 25.4 Å². The number of nitrogens with zero attached hydrogens (tertiary/aromatic N) is 5. The van der Waals surface area contributed by atoms with Crippen molar-refractivity contribution in [3.8, 4) is 0 Å². The van der Waals surface area contributed by atoms with Crippen molar-refractivity contribution in [2.45, 2.75) is 33.0 Å². The molecule has 0 radical (unpaired) electrons. The molecule has 0 aromatic carbocycles. The third-order valence-corrected chi connectivity index (χ3v) is 3.73. The topological polar surface area (TPSA) is 85.8 Å². The molecule has 8 heteroatoms. The molecule has 0 bridgehead atoms.